The van der Waals surface area contributed by atoms with Crippen molar-refractivity contribution in [3.63, 3.8) is 0 Å². The molecule has 1 amide bonds. The molecule has 86 heavy (non-hydrogen) atoms. The first-order chi connectivity index (χ1) is 42.1. The van der Waals surface area contributed by atoms with Gasteiger partial charge < -0.3 is 65.1 Å². The second kappa shape index (κ2) is 55.7. The number of aliphatic hydroxyl groups is 8. The second-order valence-corrected chi connectivity index (χ2v) is 23.6. The van der Waals surface area contributed by atoms with Gasteiger partial charge in [0.2, 0.25) is 5.91 Å². The molecule has 0 aromatic rings. The predicted octanol–water partition coefficient (Wildman–Crippen LogP) is 13.6. The molecule has 2 saturated heterocycles. The number of ether oxygens (including phenoxy) is 4. The van der Waals surface area contributed by atoms with E-state index < -0.39 is 86.8 Å². The van der Waals surface area contributed by atoms with E-state index in [4.69, 9.17) is 18.9 Å². The molecule has 12 atom stereocenters. The van der Waals surface area contributed by atoms with Crippen molar-refractivity contribution >= 4 is 5.91 Å². The van der Waals surface area contributed by atoms with E-state index in [1.807, 2.05) is 6.08 Å². The van der Waals surface area contributed by atoms with Gasteiger partial charge in [-0.25, -0.2) is 0 Å². The molecule has 2 aliphatic heterocycles. The maximum atomic E-state index is 13.3. The van der Waals surface area contributed by atoms with E-state index in [2.05, 4.69) is 116 Å². The zero-order valence-electron chi connectivity index (χ0n) is 53.5. The van der Waals surface area contributed by atoms with Gasteiger partial charge in [0.25, 0.3) is 0 Å². The van der Waals surface area contributed by atoms with Crippen molar-refractivity contribution in [2.24, 2.45) is 0 Å². The van der Waals surface area contributed by atoms with Crippen molar-refractivity contribution in [2.75, 3.05) is 19.8 Å². The summed E-state index contributed by atoms with van der Waals surface area (Å²) in [5.74, 6) is -0.284. The highest BCUT2D eigenvalue weighted by Crippen LogP contribution is 2.30. The average Bonchev–Trinajstić information content (AvgIpc) is 2.53. The molecule has 0 radical (unpaired) electrons. The fraction of sp³-hybridized carbons (Fsp3) is 0.736. The number of amides is 1. The molecular formula is C72H123NO13. The molecule has 0 aromatic carbocycles. The van der Waals surface area contributed by atoms with E-state index in [-0.39, 0.29) is 18.9 Å². The summed E-state index contributed by atoms with van der Waals surface area (Å²) in [6.45, 7) is 2.67. The van der Waals surface area contributed by atoms with Gasteiger partial charge in [-0.3, -0.25) is 4.79 Å². The topological polar surface area (TPSA) is 228 Å². The standard InChI is InChI=1S/C72H123NO13/c1-3-5-7-9-11-13-15-17-19-21-23-25-27-29-30-32-34-36-38-40-42-44-46-48-50-52-54-56-64(77)73-60(59-83-71-69(82)67(80)70(63(58-75)85-71)86-72-68(81)66(79)65(78)62(57-74)84-72)61(76)55-53-51-49-47-45-43-41-39-37-35-33-31-28-26-24-22-20-18-16-14-12-10-8-6-4-2/h5,7,11,13,17,19,23,25,29-30,34,36,40,42,46,48,53,55,60-63,65-72,74-76,78-82H,3-4,6,8-10,12,14-16,18,20-22,24,26-28,31-33,35,37-39,41,43-45,47,49-52,54,56-59H2,1-2H3,(H,73,77)/b7-5-,13-11-,19-17-,25-23-,30-29-,36-34-,42-40-,48-46-,55-53+. The summed E-state index contributed by atoms with van der Waals surface area (Å²) in [7, 11) is 0. The lowest BCUT2D eigenvalue weighted by atomic mass is 9.97. The van der Waals surface area contributed by atoms with Gasteiger partial charge in [0.05, 0.1) is 32.0 Å². The largest absolute Gasteiger partial charge is 0.394 e. The second-order valence-electron chi connectivity index (χ2n) is 23.6. The van der Waals surface area contributed by atoms with Crippen LogP contribution in [0.25, 0.3) is 0 Å². The molecule has 2 heterocycles. The fourth-order valence-corrected chi connectivity index (χ4v) is 10.5. The first kappa shape index (κ1) is 78.7. The van der Waals surface area contributed by atoms with Crippen molar-refractivity contribution in [1.82, 2.24) is 5.32 Å². The first-order valence-electron chi connectivity index (χ1n) is 34.1. The summed E-state index contributed by atoms with van der Waals surface area (Å²) >= 11 is 0. The molecule has 14 nitrogen and oxygen atoms in total. The van der Waals surface area contributed by atoms with Gasteiger partial charge in [0.1, 0.15) is 48.8 Å². The van der Waals surface area contributed by atoms with Gasteiger partial charge in [0.15, 0.2) is 12.6 Å². The van der Waals surface area contributed by atoms with Crippen LogP contribution < -0.4 is 5.32 Å². The summed E-state index contributed by atoms with van der Waals surface area (Å²) in [6, 6.07) is -0.948. The van der Waals surface area contributed by atoms with Crippen LogP contribution in [0.4, 0.5) is 0 Å². The fourth-order valence-electron chi connectivity index (χ4n) is 10.5. The molecule has 494 valence electrons. The SMILES string of the molecule is CC/C=C\C/C=C\C/C=C\C/C=C\C/C=C\C/C=C\C/C=C\C/C=C\CCCCC(=O)NC(COC1OC(CO)C(OC2OC(CO)C(O)C(O)C2O)C(O)C1O)C(O)/C=C/CCCCCCCCCCCCCCCCCCCCCCCCC. The van der Waals surface area contributed by atoms with Gasteiger partial charge in [-0.2, -0.15) is 0 Å². The molecule has 12 unspecified atom stereocenters. The lowest BCUT2D eigenvalue weighted by molar-refractivity contribution is -0.359. The number of nitrogens with one attached hydrogen (secondary N) is 1. The smallest absolute Gasteiger partial charge is 0.220 e. The maximum Gasteiger partial charge on any atom is 0.220 e. The maximum absolute atomic E-state index is 13.3. The Morgan fingerprint density at radius 3 is 1.23 bits per heavy atom. The number of aliphatic hydroxyl groups excluding tert-OH is 8. The van der Waals surface area contributed by atoms with E-state index in [1.165, 1.54) is 135 Å². The minimum atomic E-state index is -1.80. The van der Waals surface area contributed by atoms with Crippen LogP contribution in [0, 0.1) is 0 Å². The molecule has 0 bridgehead atoms. The molecule has 0 saturated carbocycles. The monoisotopic (exact) mass is 1210 g/mol. The van der Waals surface area contributed by atoms with E-state index in [0.29, 0.717) is 6.42 Å². The molecule has 2 rings (SSSR count). The number of unbranched alkanes of at least 4 members (excludes halogenated alkanes) is 25. The first-order valence-corrected chi connectivity index (χ1v) is 34.1. The molecule has 0 aliphatic carbocycles. The van der Waals surface area contributed by atoms with Crippen LogP contribution in [0.15, 0.2) is 109 Å². The van der Waals surface area contributed by atoms with E-state index in [1.54, 1.807) is 6.08 Å². The highest BCUT2D eigenvalue weighted by atomic mass is 16.7. The Kier molecular flexibility index (Phi) is 51.0. The Morgan fingerprint density at radius 2 is 0.802 bits per heavy atom. The van der Waals surface area contributed by atoms with Gasteiger partial charge in [-0.15, -0.1) is 0 Å². The van der Waals surface area contributed by atoms with E-state index in [0.717, 1.165) is 83.5 Å². The van der Waals surface area contributed by atoms with Crippen LogP contribution in [0.1, 0.15) is 245 Å². The lowest BCUT2D eigenvalue weighted by Gasteiger charge is -2.46. The van der Waals surface area contributed by atoms with Crippen molar-refractivity contribution in [1.29, 1.82) is 0 Å². The molecule has 2 fully saturated rings. The molecule has 2 aliphatic rings. The zero-order chi connectivity index (χ0) is 62.3. The summed E-state index contributed by atoms with van der Waals surface area (Å²) in [6.07, 6.45) is 62.7. The van der Waals surface area contributed by atoms with Crippen LogP contribution >= 0.6 is 0 Å². The molecular weight excluding hydrogens is 1090 g/mol. The van der Waals surface area contributed by atoms with E-state index in [9.17, 15) is 45.6 Å². The molecule has 0 spiro atoms. The minimum Gasteiger partial charge on any atom is -0.394 e. The van der Waals surface area contributed by atoms with Crippen LogP contribution in [0.3, 0.4) is 0 Å². The number of carbonyl (C=O) groups is 1. The number of carbonyl (C=O) groups excluding carboxylic acids is 1. The average molecular weight is 1210 g/mol. The Labute approximate surface area is 521 Å². The minimum absolute atomic E-state index is 0.219. The zero-order valence-corrected chi connectivity index (χ0v) is 53.5. The number of allylic oxidation sites excluding steroid dienone is 17. The quantitative estimate of drug-likeness (QED) is 0.0204. The summed E-state index contributed by atoms with van der Waals surface area (Å²) in [4.78, 5) is 13.3. The van der Waals surface area contributed by atoms with Crippen molar-refractivity contribution in [3.8, 4) is 0 Å². The van der Waals surface area contributed by atoms with Crippen LogP contribution in [0.2, 0.25) is 0 Å². The van der Waals surface area contributed by atoms with E-state index >= 15 is 0 Å². The van der Waals surface area contributed by atoms with Crippen molar-refractivity contribution < 1.29 is 64.6 Å². The predicted molar refractivity (Wildman–Crippen MR) is 350 cm³/mol. The Hall–Kier alpha value is -3.35. The Bertz CT molecular complexity index is 1860. The molecule has 0 aromatic heterocycles. The number of hydrogen-bond donors (Lipinski definition) is 9. The van der Waals surface area contributed by atoms with Crippen molar-refractivity contribution in [2.45, 2.75) is 319 Å². The van der Waals surface area contributed by atoms with Gasteiger partial charge in [-0.05, 0) is 83.5 Å². The highest BCUT2D eigenvalue weighted by molar-refractivity contribution is 5.76. The summed E-state index contributed by atoms with van der Waals surface area (Å²) in [5.41, 5.74) is 0. The number of rotatable bonds is 54. The van der Waals surface area contributed by atoms with Crippen molar-refractivity contribution in [3.05, 3.63) is 109 Å². The number of hydrogen-bond acceptors (Lipinski definition) is 13. The Balaban J connectivity index is 1.74. The van der Waals surface area contributed by atoms with Crippen LogP contribution in [-0.4, -0.2) is 140 Å². The third kappa shape index (κ3) is 39.6. The van der Waals surface area contributed by atoms with Gasteiger partial charge in [0, 0.05) is 6.42 Å². The lowest BCUT2D eigenvalue weighted by Crippen LogP contribution is -2.65. The van der Waals surface area contributed by atoms with Gasteiger partial charge in [-0.1, -0.05) is 264 Å². The third-order valence-corrected chi connectivity index (χ3v) is 16.0. The van der Waals surface area contributed by atoms with Crippen LogP contribution in [-0.2, 0) is 23.7 Å². The highest BCUT2D eigenvalue weighted by Gasteiger charge is 2.51. The summed E-state index contributed by atoms with van der Waals surface area (Å²) < 4.78 is 22.8. The van der Waals surface area contributed by atoms with Gasteiger partial charge >= 0.3 is 0 Å². The summed E-state index contributed by atoms with van der Waals surface area (Å²) in [5, 5.41) is 87.4. The third-order valence-electron chi connectivity index (χ3n) is 16.0. The normalized spacial score (nSPS) is 24.1. The molecule has 9 N–H and O–H groups in total. The Morgan fingerprint density at radius 1 is 0.430 bits per heavy atom. The molecule has 14 heteroatoms. The van der Waals surface area contributed by atoms with Crippen LogP contribution in [0.5, 0.6) is 0 Å².